The Morgan fingerprint density at radius 2 is 1.94 bits per heavy atom. The Morgan fingerprint density at radius 3 is 2.68 bits per heavy atom. The minimum Gasteiger partial charge on any atom is -0.359 e. The third kappa shape index (κ3) is 2.93. The Labute approximate surface area is 186 Å². The lowest BCUT2D eigenvalue weighted by atomic mass is 9.46. The van der Waals surface area contributed by atoms with Gasteiger partial charge in [0.25, 0.3) is 0 Å². The average molecular weight is 427 g/mol. The SMILES string of the molecule is CC(C)CC(=O)[C@@]1(O)OC[C@]23CC[C@H]4[C@@H](CCC5=CC(=O)C=C[C@@]54C)[C@@H]2CC[C@@H]3[C@@H]1C. The van der Waals surface area contributed by atoms with Gasteiger partial charge in [-0.2, -0.15) is 0 Å². The zero-order valence-corrected chi connectivity index (χ0v) is 19.5. The molecule has 170 valence electrons. The van der Waals surface area contributed by atoms with Gasteiger partial charge in [-0.25, -0.2) is 0 Å². The summed E-state index contributed by atoms with van der Waals surface area (Å²) in [6.07, 6.45) is 12.9. The molecule has 0 amide bonds. The van der Waals surface area contributed by atoms with Gasteiger partial charge in [0.05, 0.1) is 6.61 Å². The van der Waals surface area contributed by atoms with Crippen LogP contribution in [0.4, 0.5) is 0 Å². The molecule has 4 aliphatic carbocycles. The van der Waals surface area contributed by atoms with Gasteiger partial charge in [0.1, 0.15) is 0 Å². The number of ketones is 2. The van der Waals surface area contributed by atoms with Crippen LogP contribution in [0.1, 0.15) is 72.6 Å². The molecule has 5 aliphatic rings. The van der Waals surface area contributed by atoms with E-state index in [1.165, 1.54) is 12.0 Å². The van der Waals surface area contributed by atoms with E-state index in [1.807, 2.05) is 19.9 Å². The van der Waals surface area contributed by atoms with Crippen molar-refractivity contribution in [3.8, 4) is 0 Å². The predicted molar refractivity (Wildman–Crippen MR) is 119 cm³/mol. The Bertz CT molecular complexity index is 855. The highest BCUT2D eigenvalue weighted by atomic mass is 16.6. The fourth-order valence-electron chi connectivity index (χ4n) is 8.58. The van der Waals surface area contributed by atoms with Crippen molar-refractivity contribution in [1.82, 2.24) is 0 Å². The molecular formula is C27H38O4. The zero-order chi connectivity index (χ0) is 22.2. The molecule has 31 heavy (non-hydrogen) atoms. The summed E-state index contributed by atoms with van der Waals surface area (Å²) < 4.78 is 6.18. The van der Waals surface area contributed by atoms with Gasteiger partial charge in [-0.05, 0) is 80.3 Å². The Morgan fingerprint density at radius 1 is 1.19 bits per heavy atom. The molecule has 0 radical (unpaired) electrons. The third-order valence-corrected chi connectivity index (χ3v) is 10.1. The van der Waals surface area contributed by atoms with Crippen molar-refractivity contribution in [1.29, 1.82) is 0 Å². The maximum atomic E-state index is 12.9. The molecule has 4 fully saturated rings. The highest BCUT2D eigenvalue weighted by Gasteiger charge is 2.66. The summed E-state index contributed by atoms with van der Waals surface area (Å²) in [7, 11) is 0. The minimum absolute atomic E-state index is 0.00559. The van der Waals surface area contributed by atoms with E-state index in [9.17, 15) is 14.7 Å². The van der Waals surface area contributed by atoms with E-state index >= 15 is 0 Å². The zero-order valence-electron chi connectivity index (χ0n) is 19.5. The lowest BCUT2D eigenvalue weighted by molar-refractivity contribution is -0.291. The van der Waals surface area contributed by atoms with E-state index in [1.54, 1.807) is 6.08 Å². The second-order valence-corrected chi connectivity index (χ2v) is 11.9. The summed E-state index contributed by atoms with van der Waals surface area (Å²) >= 11 is 0. The molecule has 1 aliphatic heterocycles. The number of hydrogen-bond donors (Lipinski definition) is 1. The first-order valence-electron chi connectivity index (χ1n) is 12.5. The molecule has 1 spiro atoms. The number of rotatable bonds is 3. The van der Waals surface area contributed by atoms with Crippen molar-refractivity contribution in [3.63, 3.8) is 0 Å². The van der Waals surface area contributed by atoms with Gasteiger partial charge in [0.2, 0.25) is 5.79 Å². The monoisotopic (exact) mass is 426 g/mol. The lowest BCUT2D eigenvalue weighted by Crippen LogP contribution is -2.62. The Hall–Kier alpha value is -1.26. The van der Waals surface area contributed by atoms with Crippen LogP contribution in [0.25, 0.3) is 0 Å². The molecule has 4 heteroatoms. The summed E-state index contributed by atoms with van der Waals surface area (Å²) in [5.41, 5.74) is 1.43. The number of Topliss-reactive ketones (excluding diaryl/α,β-unsaturated/α-hetero) is 1. The second-order valence-electron chi connectivity index (χ2n) is 11.9. The summed E-state index contributed by atoms with van der Waals surface area (Å²) in [6, 6.07) is 0. The predicted octanol–water partition coefficient (Wildman–Crippen LogP) is 4.86. The van der Waals surface area contributed by atoms with Gasteiger partial charge in [-0.15, -0.1) is 0 Å². The van der Waals surface area contributed by atoms with Crippen molar-refractivity contribution >= 4 is 11.6 Å². The first-order valence-corrected chi connectivity index (χ1v) is 12.5. The molecule has 0 bridgehead atoms. The number of fused-ring (bicyclic) bond motifs is 4. The molecule has 0 unspecified atom stereocenters. The number of allylic oxidation sites excluding steroid dienone is 4. The van der Waals surface area contributed by atoms with Crippen LogP contribution in [0.2, 0.25) is 0 Å². The molecule has 5 rings (SSSR count). The Balaban J connectivity index is 1.42. The fourth-order valence-corrected chi connectivity index (χ4v) is 8.58. The van der Waals surface area contributed by atoms with Crippen molar-refractivity contribution in [2.45, 2.75) is 78.4 Å². The van der Waals surface area contributed by atoms with E-state index in [4.69, 9.17) is 4.74 Å². The fraction of sp³-hybridized carbons (Fsp3) is 0.778. The number of hydrogen-bond acceptors (Lipinski definition) is 4. The van der Waals surface area contributed by atoms with Gasteiger partial charge in [-0.3, -0.25) is 9.59 Å². The van der Waals surface area contributed by atoms with Gasteiger partial charge in [0.15, 0.2) is 11.6 Å². The molecule has 0 aromatic heterocycles. The molecule has 4 nitrogen and oxygen atoms in total. The normalized spacial score (nSPS) is 48.5. The first-order chi connectivity index (χ1) is 14.6. The summed E-state index contributed by atoms with van der Waals surface area (Å²) in [5, 5.41) is 11.3. The molecule has 3 saturated carbocycles. The van der Waals surface area contributed by atoms with Crippen LogP contribution in [-0.2, 0) is 14.3 Å². The molecule has 1 N–H and O–H groups in total. The van der Waals surface area contributed by atoms with Gasteiger partial charge < -0.3 is 9.84 Å². The van der Waals surface area contributed by atoms with Crippen LogP contribution in [0, 0.1) is 46.3 Å². The average Bonchev–Trinajstić information content (AvgIpc) is 3.11. The Kier molecular flexibility index (Phi) is 4.95. The van der Waals surface area contributed by atoms with E-state index in [-0.39, 0.29) is 34.2 Å². The first kappa shape index (κ1) is 21.6. The van der Waals surface area contributed by atoms with Crippen molar-refractivity contribution in [2.24, 2.45) is 46.3 Å². The number of carbonyl (C=O) groups is 2. The summed E-state index contributed by atoms with van der Waals surface area (Å²) in [5.74, 6) is 0.586. The highest BCUT2D eigenvalue weighted by molar-refractivity contribution is 6.01. The lowest BCUT2D eigenvalue weighted by Gasteiger charge is -2.60. The molecule has 1 saturated heterocycles. The van der Waals surface area contributed by atoms with Gasteiger partial charge in [0, 0.05) is 23.2 Å². The maximum Gasteiger partial charge on any atom is 0.229 e. The van der Waals surface area contributed by atoms with E-state index in [0.717, 1.165) is 32.1 Å². The van der Waals surface area contributed by atoms with Crippen LogP contribution in [0.5, 0.6) is 0 Å². The smallest absolute Gasteiger partial charge is 0.229 e. The largest absolute Gasteiger partial charge is 0.359 e. The molecule has 0 aromatic rings. The van der Waals surface area contributed by atoms with Crippen molar-refractivity contribution in [2.75, 3.05) is 6.61 Å². The quantitative estimate of drug-likeness (QED) is 0.700. The van der Waals surface area contributed by atoms with Crippen LogP contribution in [-0.4, -0.2) is 29.1 Å². The van der Waals surface area contributed by atoms with Crippen LogP contribution in [0.15, 0.2) is 23.8 Å². The summed E-state index contributed by atoms with van der Waals surface area (Å²) in [4.78, 5) is 24.9. The van der Waals surface area contributed by atoms with Crippen LogP contribution in [0.3, 0.4) is 0 Å². The number of ether oxygens (including phenoxy) is 1. The van der Waals surface area contributed by atoms with Crippen LogP contribution >= 0.6 is 0 Å². The van der Waals surface area contributed by atoms with Crippen molar-refractivity contribution < 1.29 is 19.4 Å². The topological polar surface area (TPSA) is 63.6 Å². The second kappa shape index (κ2) is 7.12. The minimum atomic E-state index is -1.62. The van der Waals surface area contributed by atoms with Gasteiger partial charge >= 0.3 is 0 Å². The highest BCUT2D eigenvalue weighted by Crippen LogP contribution is 2.69. The number of carbonyl (C=O) groups excluding carboxylic acids is 2. The molecule has 0 aromatic carbocycles. The van der Waals surface area contributed by atoms with E-state index in [0.29, 0.717) is 36.7 Å². The summed E-state index contributed by atoms with van der Waals surface area (Å²) in [6.45, 7) is 8.94. The van der Waals surface area contributed by atoms with Gasteiger partial charge in [-0.1, -0.05) is 39.3 Å². The van der Waals surface area contributed by atoms with E-state index in [2.05, 4.69) is 19.9 Å². The van der Waals surface area contributed by atoms with E-state index < -0.39 is 5.79 Å². The maximum absolute atomic E-state index is 12.9. The molecule has 1 heterocycles. The van der Waals surface area contributed by atoms with Crippen molar-refractivity contribution in [3.05, 3.63) is 23.8 Å². The third-order valence-electron chi connectivity index (χ3n) is 10.1. The molecule has 8 atom stereocenters. The van der Waals surface area contributed by atoms with Crippen LogP contribution < -0.4 is 0 Å². The number of aliphatic hydroxyl groups is 1. The standard InChI is InChI=1S/C27H38O4/c1-16(2)13-24(29)27(30)17(3)21-7-8-23-20-6-5-18-14-19(28)9-11-25(18,4)22(20)10-12-26(21,23)15-31-27/h9,11,14,16-17,20-23,30H,5-8,10,12-13,15H2,1-4H3/t17-,20+,21+,22-,23-,25-,26-,27-/m0/s1. The molecular weight excluding hydrogens is 388 g/mol.